The molecule has 4 N–H and O–H groups in total. The van der Waals surface area contributed by atoms with Gasteiger partial charge in [-0.05, 0) is 30.7 Å². The second-order valence-corrected chi connectivity index (χ2v) is 10.5. The zero-order valence-electron chi connectivity index (χ0n) is 17.7. The zero-order chi connectivity index (χ0) is 24.2. The van der Waals surface area contributed by atoms with E-state index in [-0.39, 0.29) is 22.0 Å². The number of hydrogen-bond donors (Lipinski definition) is 3. The highest BCUT2D eigenvalue weighted by molar-refractivity contribution is 7.90. The lowest BCUT2D eigenvalue weighted by Crippen LogP contribution is -2.42. The first-order valence-electron chi connectivity index (χ1n) is 9.99. The number of benzene rings is 2. The third kappa shape index (κ3) is 5.63. The first kappa shape index (κ1) is 24.5. The van der Waals surface area contributed by atoms with E-state index in [1.807, 2.05) is 11.8 Å². The standard InChI is InChI=1S/C20H23N5O6S2/c1-2-3-6-12-25-20(27)17-11-5-4-10-16(17)18(23-25)19(26)22-24-33(30,31)15-9-7-8-14(13-15)32(21,28)29/h4-5,7-11,13,24H,2-3,6,12H2,1H3,(H,22,26)(H2,21,28,29). The van der Waals surface area contributed by atoms with E-state index in [1.54, 1.807) is 24.3 Å². The minimum atomic E-state index is -4.33. The summed E-state index contributed by atoms with van der Waals surface area (Å²) in [6.07, 6.45) is 2.50. The molecule has 0 aliphatic heterocycles. The lowest BCUT2D eigenvalue weighted by atomic mass is 10.1. The fourth-order valence-corrected chi connectivity index (χ4v) is 4.63. The van der Waals surface area contributed by atoms with Gasteiger partial charge in [-0.25, -0.2) is 26.7 Å². The number of nitrogens with zero attached hydrogens (tertiary/aromatic N) is 2. The van der Waals surface area contributed by atoms with Crippen molar-refractivity contribution in [3.05, 3.63) is 64.6 Å². The molecular formula is C20H23N5O6S2. The van der Waals surface area contributed by atoms with Gasteiger partial charge in [-0.15, -0.1) is 4.83 Å². The molecule has 0 aliphatic rings. The molecule has 11 nitrogen and oxygen atoms in total. The molecule has 0 atom stereocenters. The lowest BCUT2D eigenvalue weighted by Gasteiger charge is -2.12. The molecule has 13 heteroatoms. The summed E-state index contributed by atoms with van der Waals surface area (Å²) in [6, 6.07) is 10.8. The van der Waals surface area contributed by atoms with Gasteiger partial charge in [0.15, 0.2) is 5.69 Å². The van der Waals surface area contributed by atoms with E-state index >= 15 is 0 Å². The monoisotopic (exact) mass is 493 g/mol. The van der Waals surface area contributed by atoms with Crippen molar-refractivity contribution in [3.8, 4) is 0 Å². The number of unbranched alkanes of at least 4 members (excludes halogenated alkanes) is 2. The number of carbonyl (C=O) groups is 1. The Morgan fingerprint density at radius 2 is 1.67 bits per heavy atom. The van der Waals surface area contributed by atoms with Crippen LogP contribution in [-0.4, -0.2) is 32.5 Å². The van der Waals surface area contributed by atoms with Crippen molar-refractivity contribution in [2.45, 2.75) is 42.5 Å². The van der Waals surface area contributed by atoms with Crippen LogP contribution in [0.5, 0.6) is 0 Å². The summed E-state index contributed by atoms with van der Waals surface area (Å²) in [5.74, 6) is -0.887. The molecule has 0 bridgehead atoms. The maximum Gasteiger partial charge on any atom is 0.287 e. The molecule has 3 rings (SSSR count). The molecule has 0 fully saturated rings. The summed E-state index contributed by atoms with van der Waals surface area (Å²) in [5.41, 5.74) is 1.58. The van der Waals surface area contributed by atoms with Crippen LogP contribution in [0.15, 0.2) is 63.1 Å². The van der Waals surface area contributed by atoms with Gasteiger partial charge in [-0.2, -0.15) is 5.10 Å². The molecular weight excluding hydrogens is 470 g/mol. The topological polar surface area (TPSA) is 170 Å². The molecule has 0 radical (unpaired) electrons. The van der Waals surface area contributed by atoms with Gasteiger partial charge < -0.3 is 0 Å². The van der Waals surface area contributed by atoms with Crippen molar-refractivity contribution in [1.29, 1.82) is 0 Å². The third-order valence-corrected chi connectivity index (χ3v) is 6.96. The first-order valence-corrected chi connectivity index (χ1v) is 13.0. The average molecular weight is 494 g/mol. The molecule has 3 aromatic rings. The minimum absolute atomic E-state index is 0.136. The Kier molecular flexibility index (Phi) is 7.27. The second-order valence-electron chi connectivity index (χ2n) is 7.21. The van der Waals surface area contributed by atoms with Gasteiger partial charge in [-0.1, -0.05) is 44.0 Å². The van der Waals surface area contributed by atoms with Gasteiger partial charge >= 0.3 is 0 Å². The van der Waals surface area contributed by atoms with Crippen molar-refractivity contribution in [2.24, 2.45) is 5.14 Å². The maximum atomic E-state index is 12.8. The Bertz CT molecular complexity index is 1470. The van der Waals surface area contributed by atoms with Gasteiger partial charge in [0.2, 0.25) is 10.0 Å². The molecule has 1 aromatic heterocycles. The molecule has 0 spiro atoms. The summed E-state index contributed by atoms with van der Waals surface area (Å²) in [5, 5.41) is 9.74. The van der Waals surface area contributed by atoms with E-state index in [2.05, 4.69) is 10.5 Å². The molecule has 0 unspecified atom stereocenters. The number of aromatic nitrogens is 2. The van der Waals surface area contributed by atoms with Crippen LogP contribution >= 0.6 is 0 Å². The minimum Gasteiger partial charge on any atom is -0.272 e. The number of nitrogens with two attached hydrogens (primary N) is 1. The summed E-state index contributed by atoms with van der Waals surface area (Å²) in [7, 11) is -8.46. The normalized spacial score (nSPS) is 12.1. The molecule has 1 amide bonds. The van der Waals surface area contributed by atoms with Crippen LogP contribution in [0.1, 0.15) is 36.7 Å². The number of aryl methyl sites for hydroxylation is 1. The molecule has 1 heterocycles. The van der Waals surface area contributed by atoms with Crippen LogP contribution < -0.4 is 21.0 Å². The molecule has 0 saturated heterocycles. The maximum absolute atomic E-state index is 12.8. The van der Waals surface area contributed by atoms with E-state index in [4.69, 9.17) is 5.14 Å². The first-order chi connectivity index (χ1) is 15.5. The van der Waals surface area contributed by atoms with Crippen molar-refractivity contribution in [3.63, 3.8) is 0 Å². The summed E-state index contributed by atoms with van der Waals surface area (Å²) >= 11 is 0. The van der Waals surface area contributed by atoms with Crippen LogP contribution in [-0.2, 0) is 26.6 Å². The number of hydrogen-bond acceptors (Lipinski definition) is 7. The zero-order valence-corrected chi connectivity index (χ0v) is 19.3. The largest absolute Gasteiger partial charge is 0.287 e. The quantitative estimate of drug-likeness (QED) is 0.293. The fourth-order valence-electron chi connectivity index (χ4n) is 3.12. The van der Waals surface area contributed by atoms with E-state index in [0.717, 1.165) is 31.0 Å². The van der Waals surface area contributed by atoms with E-state index in [1.165, 1.54) is 10.7 Å². The van der Waals surface area contributed by atoms with Crippen molar-refractivity contribution >= 4 is 36.7 Å². The van der Waals surface area contributed by atoms with Crippen molar-refractivity contribution in [1.82, 2.24) is 20.0 Å². The van der Waals surface area contributed by atoms with Gasteiger partial charge in [0.05, 0.1) is 15.2 Å². The number of fused-ring (bicyclic) bond motifs is 1. The van der Waals surface area contributed by atoms with Crippen LogP contribution in [0, 0.1) is 0 Å². The molecule has 176 valence electrons. The molecule has 0 saturated carbocycles. The van der Waals surface area contributed by atoms with Crippen LogP contribution in [0.4, 0.5) is 0 Å². The van der Waals surface area contributed by atoms with Crippen LogP contribution in [0.25, 0.3) is 10.8 Å². The number of primary sulfonamides is 1. The molecule has 33 heavy (non-hydrogen) atoms. The lowest BCUT2D eigenvalue weighted by molar-refractivity contribution is 0.0939. The van der Waals surface area contributed by atoms with E-state index in [0.29, 0.717) is 13.0 Å². The predicted octanol–water partition coefficient (Wildman–Crippen LogP) is 0.857. The van der Waals surface area contributed by atoms with Gasteiger partial charge in [0, 0.05) is 11.9 Å². The number of hydrazine groups is 1. The number of sulfonamides is 2. The summed E-state index contributed by atoms with van der Waals surface area (Å²) < 4.78 is 49.3. The van der Waals surface area contributed by atoms with Crippen molar-refractivity contribution < 1.29 is 21.6 Å². The number of nitrogens with one attached hydrogen (secondary N) is 2. The van der Waals surface area contributed by atoms with Gasteiger partial charge in [0.1, 0.15) is 0 Å². The number of carbonyl (C=O) groups excluding carboxylic acids is 1. The average Bonchev–Trinajstić information content (AvgIpc) is 2.79. The Morgan fingerprint density at radius 1 is 1.00 bits per heavy atom. The van der Waals surface area contributed by atoms with Crippen LogP contribution in [0.2, 0.25) is 0 Å². The smallest absolute Gasteiger partial charge is 0.272 e. The van der Waals surface area contributed by atoms with Gasteiger partial charge in [0.25, 0.3) is 21.5 Å². The number of amides is 1. The predicted molar refractivity (Wildman–Crippen MR) is 121 cm³/mol. The summed E-state index contributed by atoms with van der Waals surface area (Å²) in [6.45, 7) is 2.32. The summed E-state index contributed by atoms with van der Waals surface area (Å²) in [4.78, 5) is 26.6. The van der Waals surface area contributed by atoms with Crippen molar-refractivity contribution in [2.75, 3.05) is 0 Å². The highest BCUT2D eigenvalue weighted by Gasteiger charge is 2.21. The van der Waals surface area contributed by atoms with E-state index < -0.39 is 35.7 Å². The Balaban J connectivity index is 1.91. The molecule has 2 aromatic carbocycles. The van der Waals surface area contributed by atoms with E-state index in [9.17, 15) is 26.4 Å². The Labute approximate surface area is 190 Å². The Morgan fingerprint density at radius 3 is 2.33 bits per heavy atom. The van der Waals surface area contributed by atoms with Crippen LogP contribution in [0.3, 0.4) is 0 Å². The second kappa shape index (κ2) is 9.79. The Hall–Kier alpha value is -3.13. The molecule has 0 aliphatic carbocycles. The number of rotatable bonds is 9. The highest BCUT2D eigenvalue weighted by Crippen LogP contribution is 2.15. The SMILES string of the molecule is CCCCCn1nc(C(=O)NNS(=O)(=O)c2cccc(S(N)(=O)=O)c2)c2ccccc2c1=O. The van der Waals surface area contributed by atoms with Gasteiger partial charge in [-0.3, -0.25) is 15.0 Å². The third-order valence-electron chi connectivity index (χ3n) is 4.80. The highest BCUT2D eigenvalue weighted by atomic mass is 32.2. The fraction of sp³-hybridized carbons (Fsp3) is 0.250.